The van der Waals surface area contributed by atoms with Gasteiger partial charge >= 0.3 is 0 Å². The Labute approximate surface area is 105 Å². The fourth-order valence-corrected chi connectivity index (χ4v) is 2.16. The molecule has 0 bridgehead atoms. The summed E-state index contributed by atoms with van der Waals surface area (Å²) in [5.74, 6) is 0.970. The molecule has 0 unspecified atom stereocenters. The quantitative estimate of drug-likeness (QED) is 0.853. The minimum atomic E-state index is 0. The lowest BCUT2D eigenvalue weighted by Crippen LogP contribution is -2.11. The predicted molar refractivity (Wildman–Crippen MR) is 66.2 cm³/mol. The highest BCUT2D eigenvalue weighted by Gasteiger charge is 2.20. The van der Waals surface area contributed by atoms with E-state index in [4.69, 9.17) is 16.0 Å². The van der Waals surface area contributed by atoms with Crippen molar-refractivity contribution in [2.75, 3.05) is 6.54 Å². The maximum Gasteiger partial charge on any atom is 0.154 e. The smallest absolute Gasteiger partial charge is 0.154 e. The largest absolute Gasteiger partial charge is 0.458 e. The SMILES string of the molecule is Cl.Clc1cnc2cc([C@H]3CCCN3)oc2c1. The summed E-state index contributed by atoms with van der Waals surface area (Å²) >= 11 is 5.85. The summed E-state index contributed by atoms with van der Waals surface area (Å²) in [6, 6.07) is 4.15. The highest BCUT2D eigenvalue weighted by atomic mass is 35.5. The zero-order valence-corrected chi connectivity index (χ0v) is 10.1. The lowest BCUT2D eigenvalue weighted by molar-refractivity contribution is 0.471. The molecule has 3 rings (SSSR count). The third-order valence-electron chi connectivity index (χ3n) is 2.76. The van der Waals surface area contributed by atoms with Crippen LogP contribution in [0.15, 0.2) is 22.7 Å². The summed E-state index contributed by atoms with van der Waals surface area (Å²) in [4.78, 5) is 4.22. The minimum Gasteiger partial charge on any atom is -0.458 e. The van der Waals surface area contributed by atoms with E-state index >= 15 is 0 Å². The number of furan rings is 1. The fraction of sp³-hybridized carbons (Fsp3) is 0.364. The van der Waals surface area contributed by atoms with Gasteiger partial charge in [0.05, 0.1) is 11.1 Å². The summed E-state index contributed by atoms with van der Waals surface area (Å²) < 4.78 is 5.72. The van der Waals surface area contributed by atoms with Gasteiger partial charge < -0.3 is 9.73 Å². The van der Waals surface area contributed by atoms with E-state index in [0.29, 0.717) is 11.1 Å². The maximum absolute atomic E-state index is 5.85. The van der Waals surface area contributed by atoms with E-state index in [1.165, 1.54) is 6.42 Å². The molecule has 1 atom stereocenters. The molecule has 0 amide bonds. The molecule has 2 aromatic heterocycles. The monoisotopic (exact) mass is 258 g/mol. The van der Waals surface area contributed by atoms with E-state index in [9.17, 15) is 0 Å². The highest BCUT2D eigenvalue weighted by molar-refractivity contribution is 6.30. The molecule has 0 aromatic carbocycles. The van der Waals surface area contributed by atoms with E-state index < -0.39 is 0 Å². The number of aromatic nitrogens is 1. The van der Waals surface area contributed by atoms with Crippen LogP contribution in [-0.2, 0) is 0 Å². The van der Waals surface area contributed by atoms with Crippen LogP contribution in [0.25, 0.3) is 11.1 Å². The van der Waals surface area contributed by atoms with Crippen LogP contribution in [0.3, 0.4) is 0 Å². The van der Waals surface area contributed by atoms with E-state index in [-0.39, 0.29) is 12.4 Å². The van der Waals surface area contributed by atoms with Gasteiger partial charge in [-0.2, -0.15) is 0 Å². The van der Waals surface area contributed by atoms with Crippen molar-refractivity contribution < 1.29 is 4.42 Å². The van der Waals surface area contributed by atoms with Crippen LogP contribution in [-0.4, -0.2) is 11.5 Å². The van der Waals surface area contributed by atoms with Gasteiger partial charge in [-0.1, -0.05) is 11.6 Å². The number of hydrogen-bond acceptors (Lipinski definition) is 3. The molecule has 1 aliphatic heterocycles. The number of pyridine rings is 1. The third-order valence-corrected chi connectivity index (χ3v) is 2.97. The van der Waals surface area contributed by atoms with E-state index in [1.807, 2.05) is 12.1 Å². The molecule has 3 heterocycles. The lowest BCUT2D eigenvalue weighted by atomic mass is 10.2. The van der Waals surface area contributed by atoms with Gasteiger partial charge in [-0.15, -0.1) is 12.4 Å². The third kappa shape index (κ3) is 2.03. The first-order valence-corrected chi connectivity index (χ1v) is 5.49. The molecule has 5 heteroatoms. The molecule has 16 heavy (non-hydrogen) atoms. The first-order chi connectivity index (χ1) is 7.33. The Balaban J connectivity index is 0.000000963. The first-order valence-electron chi connectivity index (χ1n) is 5.11. The zero-order valence-electron chi connectivity index (χ0n) is 8.57. The summed E-state index contributed by atoms with van der Waals surface area (Å²) in [6.45, 7) is 1.07. The normalized spacial score (nSPS) is 19.9. The molecule has 0 saturated carbocycles. The van der Waals surface area contributed by atoms with E-state index in [2.05, 4.69) is 10.3 Å². The van der Waals surface area contributed by atoms with Crippen molar-refractivity contribution in [3.8, 4) is 0 Å². The van der Waals surface area contributed by atoms with Gasteiger partial charge in [-0.3, -0.25) is 4.98 Å². The van der Waals surface area contributed by atoms with Crippen molar-refractivity contribution >= 4 is 35.1 Å². The van der Waals surface area contributed by atoms with Crippen molar-refractivity contribution in [1.82, 2.24) is 10.3 Å². The van der Waals surface area contributed by atoms with Crippen molar-refractivity contribution in [3.05, 3.63) is 29.1 Å². The van der Waals surface area contributed by atoms with Crippen LogP contribution >= 0.6 is 24.0 Å². The summed E-state index contributed by atoms with van der Waals surface area (Å²) in [7, 11) is 0. The predicted octanol–water partition coefficient (Wildman–Crippen LogP) is 3.33. The van der Waals surface area contributed by atoms with Crippen molar-refractivity contribution in [2.45, 2.75) is 18.9 Å². The summed E-state index contributed by atoms with van der Waals surface area (Å²) in [5, 5.41) is 4.01. The molecule has 1 aliphatic rings. The molecular weight excluding hydrogens is 247 g/mol. The van der Waals surface area contributed by atoms with Gasteiger partial charge in [0.25, 0.3) is 0 Å². The Bertz CT molecular complexity index is 492. The average Bonchev–Trinajstić information content (AvgIpc) is 2.84. The molecule has 0 spiro atoms. The molecule has 86 valence electrons. The molecule has 1 fully saturated rings. The summed E-state index contributed by atoms with van der Waals surface area (Å²) in [5.41, 5.74) is 1.65. The Morgan fingerprint density at radius 2 is 2.31 bits per heavy atom. The van der Waals surface area contributed by atoms with Gasteiger partial charge in [0.1, 0.15) is 11.3 Å². The van der Waals surface area contributed by atoms with Crippen molar-refractivity contribution in [2.24, 2.45) is 0 Å². The lowest BCUT2D eigenvalue weighted by Gasteiger charge is -2.04. The molecule has 3 nitrogen and oxygen atoms in total. The Hall–Kier alpha value is -0.770. The number of fused-ring (bicyclic) bond motifs is 1. The maximum atomic E-state index is 5.85. The number of nitrogens with one attached hydrogen (secondary N) is 1. The van der Waals surface area contributed by atoms with Gasteiger partial charge in [-0.05, 0) is 19.4 Å². The van der Waals surface area contributed by atoms with Crippen LogP contribution in [0.4, 0.5) is 0 Å². The number of halogens is 2. The van der Waals surface area contributed by atoms with Crippen LogP contribution in [0, 0.1) is 0 Å². The molecule has 1 N–H and O–H groups in total. The molecule has 2 aromatic rings. The van der Waals surface area contributed by atoms with Crippen LogP contribution in [0.2, 0.25) is 5.02 Å². The van der Waals surface area contributed by atoms with Crippen LogP contribution in [0.5, 0.6) is 0 Å². The molecule has 0 aliphatic carbocycles. The Morgan fingerprint density at radius 1 is 1.44 bits per heavy atom. The first kappa shape index (κ1) is 11.7. The average molecular weight is 259 g/mol. The van der Waals surface area contributed by atoms with E-state index in [0.717, 1.165) is 29.8 Å². The highest BCUT2D eigenvalue weighted by Crippen LogP contribution is 2.28. The van der Waals surface area contributed by atoms with Crippen LogP contribution < -0.4 is 5.32 Å². The number of hydrogen-bond donors (Lipinski definition) is 1. The summed E-state index contributed by atoms with van der Waals surface area (Å²) in [6.07, 6.45) is 3.98. The molecular formula is C11H12Cl2N2O. The van der Waals surface area contributed by atoms with Gasteiger partial charge in [0, 0.05) is 18.3 Å². The van der Waals surface area contributed by atoms with Gasteiger partial charge in [-0.25, -0.2) is 0 Å². The van der Waals surface area contributed by atoms with Crippen molar-refractivity contribution in [3.63, 3.8) is 0 Å². The zero-order chi connectivity index (χ0) is 10.3. The number of rotatable bonds is 1. The van der Waals surface area contributed by atoms with Crippen LogP contribution in [0.1, 0.15) is 24.6 Å². The second-order valence-electron chi connectivity index (χ2n) is 3.83. The topological polar surface area (TPSA) is 38.1 Å². The fourth-order valence-electron chi connectivity index (χ4n) is 2.01. The van der Waals surface area contributed by atoms with Gasteiger partial charge in [0.15, 0.2) is 5.58 Å². The number of nitrogens with zero attached hydrogens (tertiary/aromatic N) is 1. The Kier molecular flexibility index (Phi) is 3.38. The van der Waals surface area contributed by atoms with Gasteiger partial charge in [0.2, 0.25) is 0 Å². The second-order valence-corrected chi connectivity index (χ2v) is 4.27. The molecule has 1 saturated heterocycles. The van der Waals surface area contributed by atoms with E-state index in [1.54, 1.807) is 6.20 Å². The Morgan fingerprint density at radius 3 is 3.06 bits per heavy atom. The minimum absolute atomic E-state index is 0. The standard InChI is InChI=1S/C11H11ClN2O.ClH/c12-7-4-10-9(14-6-7)5-11(15-10)8-2-1-3-13-8;/h4-6,8,13H,1-3H2;1H/t8-;/m1./s1. The van der Waals surface area contributed by atoms with Crippen molar-refractivity contribution in [1.29, 1.82) is 0 Å². The second kappa shape index (κ2) is 4.62. The molecule has 0 radical (unpaired) electrons.